The van der Waals surface area contributed by atoms with E-state index in [0.29, 0.717) is 12.0 Å². The smallest absolute Gasteiger partial charge is 0.217 e. The van der Waals surface area contributed by atoms with Crippen molar-refractivity contribution in [3.63, 3.8) is 0 Å². The lowest BCUT2D eigenvalue weighted by Crippen LogP contribution is -2.37. The van der Waals surface area contributed by atoms with Crippen molar-refractivity contribution >= 4 is 5.91 Å². The molecular formula is C9H19NO. The molecule has 0 spiro atoms. The molecule has 0 saturated heterocycles. The Kier molecular flexibility index (Phi) is 4.92. The van der Waals surface area contributed by atoms with Gasteiger partial charge in [-0.15, -0.1) is 0 Å². The first kappa shape index (κ1) is 10.5. The van der Waals surface area contributed by atoms with Gasteiger partial charge in [-0.2, -0.15) is 0 Å². The van der Waals surface area contributed by atoms with Crippen molar-refractivity contribution in [1.29, 1.82) is 0 Å². The molecule has 0 radical (unpaired) electrons. The van der Waals surface area contributed by atoms with Crippen LogP contribution in [0.25, 0.3) is 0 Å². The van der Waals surface area contributed by atoms with Crippen molar-refractivity contribution in [3.05, 3.63) is 0 Å². The number of carbonyl (C=O) groups is 1. The van der Waals surface area contributed by atoms with Crippen LogP contribution >= 0.6 is 0 Å². The van der Waals surface area contributed by atoms with Gasteiger partial charge in [-0.25, -0.2) is 0 Å². The fourth-order valence-electron chi connectivity index (χ4n) is 1.19. The molecule has 2 heteroatoms. The molecule has 2 nitrogen and oxygen atoms in total. The fourth-order valence-corrected chi connectivity index (χ4v) is 1.19. The topological polar surface area (TPSA) is 29.1 Å². The van der Waals surface area contributed by atoms with Gasteiger partial charge >= 0.3 is 0 Å². The fraction of sp³-hybridized carbons (Fsp3) is 0.889. The largest absolute Gasteiger partial charge is 0.353 e. The van der Waals surface area contributed by atoms with E-state index in [4.69, 9.17) is 0 Å². The zero-order chi connectivity index (χ0) is 8.85. The van der Waals surface area contributed by atoms with Crippen LogP contribution in [0.1, 0.15) is 40.5 Å². The summed E-state index contributed by atoms with van der Waals surface area (Å²) in [7, 11) is 0. The zero-order valence-corrected chi connectivity index (χ0v) is 7.98. The van der Waals surface area contributed by atoms with E-state index < -0.39 is 0 Å². The minimum absolute atomic E-state index is 0.0807. The molecule has 0 aromatic rings. The van der Waals surface area contributed by atoms with Crippen molar-refractivity contribution in [2.75, 3.05) is 0 Å². The molecule has 1 N–H and O–H groups in total. The van der Waals surface area contributed by atoms with Crippen molar-refractivity contribution in [2.24, 2.45) is 5.92 Å². The van der Waals surface area contributed by atoms with Crippen molar-refractivity contribution < 1.29 is 4.79 Å². The third-order valence-corrected chi connectivity index (χ3v) is 2.16. The maximum Gasteiger partial charge on any atom is 0.217 e. The maximum absolute atomic E-state index is 10.7. The summed E-state index contributed by atoms with van der Waals surface area (Å²) in [6.07, 6.45) is 2.15. The van der Waals surface area contributed by atoms with E-state index in [1.165, 1.54) is 0 Å². The van der Waals surface area contributed by atoms with Crippen LogP contribution in [0.5, 0.6) is 0 Å². The van der Waals surface area contributed by atoms with Gasteiger partial charge in [-0.1, -0.05) is 27.2 Å². The number of hydrogen-bond acceptors (Lipinski definition) is 1. The van der Waals surface area contributed by atoms with Crippen molar-refractivity contribution in [2.45, 2.75) is 46.6 Å². The van der Waals surface area contributed by atoms with Gasteiger partial charge in [0.25, 0.3) is 0 Å². The Morgan fingerprint density at radius 1 is 1.36 bits per heavy atom. The van der Waals surface area contributed by atoms with Crippen LogP contribution in [0, 0.1) is 5.92 Å². The van der Waals surface area contributed by atoms with Gasteiger partial charge in [0.2, 0.25) is 5.91 Å². The summed E-state index contributed by atoms with van der Waals surface area (Å²) in [4.78, 5) is 10.7. The van der Waals surface area contributed by atoms with Crippen LogP contribution in [0.3, 0.4) is 0 Å². The van der Waals surface area contributed by atoms with Gasteiger partial charge in [-0.05, 0) is 12.3 Å². The molecule has 0 aliphatic carbocycles. The molecule has 0 heterocycles. The molecule has 0 saturated carbocycles. The molecule has 2 atom stereocenters. The van der Waals surface area contributed by atoms with E-state index in [2.05, 4.69) is 26.1 Å². The predicted molar refractivity (Wildman–Crippen MR) is 47.4 cm³/mol. The second kappa shape index (κ2) is 5.16. The first-order chi connectivity index (χ1) is 5.11. The summed E-state index contributed by atoms with van der Waals surface area (Å²) in [5.74, 6) is 0.668. The number of hydrogen-bond donors (Lipinski definition) is 1. The van der Waals surface area contributed by atoms with Crippen LogP contribution in [0.15, 0.2) is 0 Å². The summed E-state index contributed by atoms with van der Waals surface area (Å²) >= 11 is 0. The molecule has 0 aromatic heterocycles. The van der Waals surface area contributed by atoms with Crippen LogP contribution < -0.4 is 5.32 Å². The van der Waals surface area contributed by atoms with Crippen LogP contribution in [-0.2, 0) is 4.79 Å². The molecule has 2 unspecified atom stereocenters. The van der Waals surface area contributed by atoms with Gasteiger partial charge in [0.05, 0.1) is 0 Å². The Balaban J connectivity index is 3.84. The summed E-state index contributed by atoms with van der Waals surface area (Å²) in [5.41, 5.74) is 0. The predicted octanol–water partition coefficient (Wildman–Crippen LogP) is 1.95. The van der Waals surface area contributed by atoms with E-state index in [9.17, 15) is 4.79 Å². The third kappa shape index (κ3) is 4.02. The molecule has 0 aliphatic heterocycles. The lowest BCUT2D eigenvalue weighted by Gasteiger charge is -2.21. The average molecular weight is 157 g/mol. The molecule has 11 heavy (non-hydrogen) atoms. The first-order valence-corrected chi connectivity index (χ1v) is 4.38. The van der Waals surface area contributed by atoms with Crippen LogP contribution in [-0.4, -0.2) is 11.9 Å². The molecule has 0 fully saturated rings. The summed E-state index contributed by atoms with van der Waals surface area (Å²) in [6.45, 7) is 8.00. The van der Waals surface area contributed by atoms with Gasteiger partial charge in [0.1, 0.15) is 0 Å². The van der Waals surface area contributed by atoms with Gasteiger partial charge < -0.3 is 5.32 Å². The second-order valence-electron chi connectivity index (χ2n) is 3.10. The summed E-state index contributed by atoms with van der Waals surface area (Å²) in [5, 5.41) is 2.94. The minimum Gasteiger partial charge on any atom is -0.353 e. The van der Waals surface area contributed by atoms with E-state index >= 15 is 0 Å². The standard InChI is InChI=1S/C9H19NO/c1-5-7(3)9(6-2)10-8(4)11/h7,9H,5-6H2,1-4H3,(H,10,11). The Morgan fingerprint density at radius 3 is 2.18 bits per heavy atom. The highest BCUT2D eigenvalue weighted by Crippen LogP contribution is 2.09. The first-order valence-electron chi connectivity index (χ1n) is 4.38. The number of nitrogens with one attached hydrogen (secondary N) is 1. The van der Waals surface area contributed by atoms with Crippen molar-refractivity contribution in [1.82, 2.24) is 5.32 Å². The molecule has 66 valence electrons. The number of amides is 1. The van der Waals surface area contributed by atoms with Crippen molar-refractivity contribution in [3.8, 4) is 0 Å². The lowest BCUT2D eigenvalue weighted by molar-refractivity contribution is -0.120. The Morgan fingerprint density at radius 2 is 1.91 bits per heavy atom. The number of carbonyl (C=O) groups excluding carboxylic acids is 1. The highest BCUT2D eigenvalue weighted by molar-refractivity contribution is 5.73. The van der Waals surface area contributed by atoms with Gasteiger partial charge in [0.15, 0.2) is 0 Å². The summed E-state index contributed by atoms with van der Waals surface area (Å²) in [6, 6.07) is 0.359. The molecule has 0 aromatic carbocycles. The minimum atomic E-state index is 0.0807. The second-order valence-corrected chi connectivity index (χ2v) is 3.10. The Bertz CT molecular complexity index is 123. The maximum atomic E-state index is 10.7. The molecular weight excluding hydrogens is 138 g/mol. The highest BCUT2D eigenvalue weighted by Gasteiger charge is 2.13. The lowest BCUT2D eigenvalue weighted by atomic mass is 9.97. The molecule has 1 amide bonds. The van der Waals surface area contributed by atoms with Crippen LogP contribution in [0.2, 0.25) is 0 Å². The summed E-state index contributed by atoms with van der Waals surface area (Å²) < 4.78 is 0. The number of rotatable bonds is 4. The average Bonchev–Trinajstić information content (AvgIpc) is 1.98. The zero-order valence-electron chi connectivity index (χ0n) is 7.98. The van der Waals surface area contributed by atoms with Gasteiger partial charge in [-0.3, -0.25) is 4.79 Å². The van der Waals surface area contributed by atoms with E-state index in [1.54, 1.807) is 6.92 Å². The Labute approximate surface area is 69.4 Å². The van der Waals surface area contributed by atoms with E-state index in [1.807, 2.05) is 0 Å². The molecule has 0 bridgehead atoms. The molecule has 0 aliphatic rings. The molecule has 0 rings (SSSR count). The van der Waals surface area contributed by atoms with Crippen LogP contribution in [0.4, 0.5) is 0 Å². The SMILES string of the molecule is CCC(C)C(CC)NC(C)=O. The normalized spacial score (nSPS) is 15.6. The van der Waals surface area contributed by atoms with Gasteiger partial charge in [0, 0.05) is 13.0 Å². The Hall–Kier alpha value is -0.530. The highest BCUT2D eigenvalue weighted by atomic mass is 16.1. The quantitative estimate of drug-likeness (QED) is 0.664. The third-order valence-electron chi connectivity index (χ3n) is 2.16. The monoisotopic (exact) mass is 157 g/mol. The van der Waals surface area contributed by atoms with E-state index in [-0.39, 0.29) is 5.91 Å². The van der Waals surface area contributed by atoms with E-state index in [0.717, 1.165) is 12.8 Å².